The van der Waals surface area contributed by atoms with E-state index in [4.69, 9.17) is 9.53 Å². The number of hydrogen-bond donors (Lipinski definition) is 1. The van der Waals surface area contributed by atoms with Gasteiger partial charge in [0.25, 0.3) is 8.32 Å². The summed E-state index contributed by atoms with van der Waals surface area (Å²) >= 11 is 0. The van der Waals surface area contributed by atoms with Crippen LogP contribution >= 0.6 is 0 Å². The summed E-state index contributed by atoms with van der Waals surface area (Å²) in [4.78, 5) is 10.5. The molecule has 1 atom stereocenters. The predicted molar refractivity (Wildman–Crippen MR) is 55.5 cm³/mol. The zero-order valence-electron chi connectivity index (χ0n) is 9.18. The third-order valence-corrected chi connectivity index (χ3v) is 5.96. The maximum Gasteiger partial charge on any atom is 0.491 e. The molecule has 4 heteroatoms. The Balaban J connectivity index is 4.36. The summed E-state index contributed by atoms with van der Waals surface area (Å²) in [5.74, 6) is 0. The van der Waals surface area contributed by atoms with E-state index in [-0.39, 0.29) is 5.41 Å². The highest BCUT2D eigenvalue weighted by atomic mass is 28.4. The predicted octanol–water partition coefficient (Wildman–Crippen LogP) is 3.32. The van der Waals surface area contributed by atoms with Crippen LogP contribution in [0.4, 0.5) is 4.79 Å². The molecule has 1 unspecified atom stereocenters. The zero-order valence-corrected chi connectivity index (χ0v) is 10.2. The van der Waals surface area contributed by atoms with Crippen molar-refractivity contribution in [2.75, 3.05) is 0 Å². The van der Waals surface area contributed by atoms with E-state index < -0.39 is 14.5 Å². The lowest BCUT2D eigenvalue weighted by molar-refractivity contribution is 0.140. The van der Waals surface area contributed by atoms with Gasteiger partial charge in [0, 0.05) is 0 Å². The van der Waals surface area contributed by atoms with Gasteiger partial charge in [0.15, 0.2) is 0 Å². The lowest BCUT2D eigenvalue weighted by Crippen LogP contribution is -2.39. The molecule has 3 nitrogen and oxygen atoms in total. The molecular formula is C9H20O3Si. The smallest absolute Gasteiger partial charge is 0.489 e. The van der Waals surface area contributed by atoms with Crippen LogP contribution in [-0.2, 0) is 4.43 Å². The Morgan fingerprint density at radius 1 is 1.46 bits per heavy atom. The molecule has 0 saturated heterocycles. The molecule has 0 aliphatic heterocycles. The minimum atomic E-state index is -2.02. The molecule has 0 aromatic carbocycles. The van der Waals surface area contributed by atoms with Crippen LogP contribution < -0.4 is 0 Å². The normalized spacial score (nSPS) is 16.4. The van der Waals surface area contributed by atoms with Gasteiger partial charge in [-0.1, -0.05) is 27.7 Å². The quantitative estimate of drug-likeness (QED) is 0.717. The van der Waals surface area contributed by atoms with Crippen molar-refractivity contribution < 1.29 is 14.3 Å². The van der Waals surface area contributed by atoms with E-state index in [2.05, 4.69) is 20.8 Å². The van der Waals surface area contributed by atoms with Crippen LogP contribution in [0.15, 0.2) is 0 Å². The van der Waals surface area contributed by atoms with Gasteiger partial charge in [0.1, 0.15) is 0 Å². The molecule has 0 radical (unpaired) electrons. The van der Waals surface area contributed by atoms with Gasteiger partial charge >= 0.3 is 6.16 Å². The molecule has 0 fully saturated rings. The number of hydrogen-bond acceptors (Lipinski definition) is 2. The maximum atomic E-state index is 10.5. The molecule has 0 aromatic rings. The van der Waals surface area contributed by atoms with E-state index in [1.807, 2.05) is 13.5 Å². The fourth-order valence-corrected chi connectivity index (χ4v) is 4.70. The number of rotatable bonds is 3. The molecular weight excluding hydrogens is 184 g/mol. The van der Waals surface area contributed by atoms with Crippen LogP contribution in [-0.4, -0.2) is 19.6 Å². The summed E-state index contributed by atoms with van der Waals surface area (Å²) < 4.78 is 5.02. The van der Waals surface area contributed by atoms with Gasteiger partial charge in [-0.05, 0) is 24.1 Å². The standard InChI is InChI=1S/C9H20O3Si/c1-6-13(5,12-8(10)11)7-9(2,3)4/h6-7H2,1-5H3,(H,10,11). The van der Waals surface area contributed by atoms with Crippen molar-refractivity contribution in [3.05, 3.63) is 0 Å². The van der Waals surface area contributed by atoms with Gasteiger partial charge in [0.2, 0.25) is 0 Å². The van der Waals surface area contributed by atoms with Crippen molar-refractivity contribution in [3.63, 3.8) is 0 Å². The third kappa shape index (κ3) is 5.68. The highest BCUT2D eigenvalue weighted by Crippen LogP contribution is 2.30. The summed E-state index contributed by atoms with van der Waals surface area (Å²) in [6.45, 7) is 10.3. The molecule has 0 spiro atoms. The third-order valence-electron chi connectivity index (χ3n) is 1.99. The van der Waals surface area contributed by atoms with E-state index in [9.17, 15) is 4.79 Å². The van der Waals surface area contributed by atoms with Crippen LogP contribution in [0.1, 0.15) is 27.7 Å². The first-order chi connectivity index (χ1) is 5.68. The molecule has 0 bridgehead atoms. The van der Waals surface area contributed by atoms with Gasteiger partial charge in [-0.2, -0.15) is 0 Å². The molecule has 0 amide bonds. The topological polar surface area (TPSA) is 46.5 Å². The van der Waals surface area contributed by atoms with Crippen LogP contribution in [0.2, 0.25) is 18.6 Å². The first-order valence-corrected chi connectivity index (χ1v) is 7.43. The Morgan fingerprint density at radius 2 is 1.92 bits per heavy atom. The van der Waals surface area contributed by atoms with Gasteiger partial charge in [-0.15, -0.1) is 0 Å². The van der Waals surface area contributed by atoms with Crippen molar-refractivity contribution in [1.29, 1.82) is 0 Å². The van der Waals surface area contributed by atoms with E-state index in [1.165, 1.54) is 0 Å². The van der Waals surface area contributed by atoms with Crippen molar-refractivity contribution in [1.82, 2.24) is 0 Å². The van der Waals surface area contributed by atoms with E-state index in [0.717, 1.165) is 12.1 Å². The Bertz CT molecular complexity index is 186. The minimum absolute atomic E-state index is 0.145. The molecule has 0 aromatic heterocycles. The van der Waals surface area contributed by atoms with Gasteiger partial charge in [-0.25, -0.2) is 4.79 Å². The second-order valence-corrected chi connectivity index (χ2v) is 9.07. The van der Waals surface area contributed by atoms with Gasteiger partial charge < -0.3 is 9.53 Å². The maximum absolute atomic E-state index is 10.5. The summed E-state index contributed by atoms with van der Waals surface area (Å²) in [7, 11) is -2.02. The van der Waals surface area contributed by atoms with Crippen LogP contribution in [0.3, 0.4) is 0 Å². The highest BCUT2D eigenvalue weighted by molar-refractivity contribution is 6.73. The average Bonchev–Trinajstić information content (AvgIpc) is 1.81. The Morgan fingerprint density at radius 3 is 2.15 bits per heavy atom. The SMILES string of the molecule is CC[Si](C)(CC(C)(C)C)OC(=O)O. The summed E-state index contributed by atoms with van der Waals surface area (Å²) in [5.41, 5.74) is 0.145. The van der Waals surface area contributed by atoms with Crippen LogP contribution in [0.5, 0.6) is 0 Å². The molecule has 0 aliphatic carbocycles. The highest BCUT2D eigenvalue weighted by Gasteiger charge is 2.35. The van der Waals surface area contributed by atoms with Gasteiger partial charge in [0.05, 0.1) is 0 Å². The first-order valence-electron chi connectivity index (χ1n) is 4.60. The fourth-order valence-electron chi connectivity index (χ4n) is 1.57. The zero-order chi connectivity index (χ0) is 10.7. The second-order valence-electron chi connectivity index (χ2n) is 4.91. The van der Waals surface area contributed by atoms with E-state index in [1.54, 1.807) is 0 Å². The molecule has 1 N–H and O–H groups in total. The molecule has 0 rings (SSSR count). The van der Waals surface area contributed by atoms with Crippen molar-refractivity contribution in [2.24, 2.45) is 5.41 Å². The van der Waals surface area contributed by atoms with Crippen molar-refractivity contribution in [2.45, 2.75) is 46.3 Å². The number of carboxylic acid groups (broad SMARTS) is 1. The van der Waals surface area contributed by atoms with Gasteiger partial charge in [-0.3, -0.25) is 0 Å². The van der Waals surface area contributed by atoms with E-state index >= 15 is 0 Å². The number of carbonyl (C=O) groups is 1. The van der Waals surface area contributed by atoms with Crippen LogP contribution in [0, 0.1) is 5.41 Å². The van der Waals surface area contributed by atoms with Crippen molar-refractivity contribution in [3.8, 4) is 0 Å². The average molecular weight is 204 g/mol. The summed E-state index contributed by atoms with van der Waals surface area (Å²) in [6.07, 6.45) is -1.12. The molecule has 13 heavy (non-hydrogen) atoms. The van der Waals surface area contributed by atoms with E-state index in [0.29, 0.717) is 0 Å². The minimum Gasteiger partial charge on any atom is -0.489 e. The lowest BCUT2D eigenvalue weighted by atomic mass is 10.0. The second kappa shape index (κ2) is 4.13. The van der Waals surface area contributed by atoms with Crippen LogP contribution in [0.25, 0.3) is 0 Å². The lowest BCUT2D eigenvalue weighted by Gasteiger charge is -2.30. The molecule has 0 saturated carbocycles. The van der Waals surface area contributed by atoms with Crippen molar-refractivity contribution >= 4 is 14.5 Å². The molecule has 0 aliphatic rings. The first kappa shape index (κ1) is 12.5. The summed E-state index contributed by atoms with van der Waals surface area (Å²) in [5, 5.41) is 8.59. The molecule has 0 heterocycles. The largest absolute Gasteiger partial charge is 0.491 e. The Hall–Kier alpha value is -0.513. The summed E-state index contributed by atoms with van der Waals surface area (Å²) in [6, 6.07) is 1.72. The monoisotopic (exact) mass is 204 g/mol. The molecule has 78 valence electrons. The Kier molecular flexibility index (Phi) is 3.97. The Labute approximate surface area is 81.2 Å². The fraction of sp³-hybridized carbons (Fsp3) is 0.889.